The first-order valence-electron chi connectivity index (χ1n) is 10.9. The van der Waals surface area contributed by atoms with E-state index in [-0.39, 0.29) is 18.4 Å². The molecular weight excluding hydrogens is 410 g/mol. The average Bonchev–Trinajstić information content (AvgIpc) is 3.35. The van der Waals surface area contributed by atoms with Crippen LogP contribution in [0, 0.1) is 13.8 Å². The summed E-state index contributed by atoms with van der Waals surface area (Å²) in [7, 11) is 0. The van der Waals surface area contributed by atoms with Crippen molar-refractivity contribution >= 4 is 23.9 Å². The van der Waals surface area contributed by atoms with E-state index in [1.165, 1.54) is 4.90 Å². The fourth-order valence-corrected chi connectivity index (χ4v) is 4.85. The number of nitrogens with one attached hydrogen (secondary N) is 1. The summed E-state index contributed by atoms with van der Waals surface area (Å²) in [6, 6.07) is 6.85. The lowest BCUT2D eigenvalue weighted by Crippen LogP contribution is -2.58. The molecule has 0 spiro atoms. The summed E-state index contributed by atoms with van der Waals surface area (Å²) >= 11 is 0. The van der Waals surface area contributed by atoms with Crippen molar-refractivity contribution in [3.8, 4) is 17.2 Å². The minimum Gasteiger partial charge on any atom is -0.454 e. The second-order valence-electron chi connectivity index (χ2n) is 8.48. The topological polar surface area (TPSA) is 89.9 Å². The molecule has 8 heteroatoms. The van der Waals surface area contributed by atoms with Gasteiger partial charge in [-0.25, -0.2) is 4.79 Å². The minimum absolute atomic E-state index is 0.0129. The van der Waals surface area contributed by atoms with Crippen LogP contribution in [0.25, 0.3) is 11.8 Å². The number of ether oxygens (including phenoxy) is 2. The molecule has 2 aromatic rings. The van der Waals surface area contributed by atoms with Gasteiger partial charge in [-0.1, -0.05) is 19.3 Å². The number of nitrogens with zero attached hydrogens (tertiary/aromatic N) is 2. The summed E-state index contributed by atoms with van der Waals surface area (Å²) in [4.78, 5) is 39.4. The van der Waals surface area contributed by atoms with Crippen LogP contribution in [0.5, 0.6) is 11.5 Å². The molecule has 3 aliphatic rings. The van der Waals surface area contributed by atoms with E-state index in [0.29, 0.717) is 11.5 Å². The molecular formula is C24H25N3O5. The van der Waals surface area contributed by atoms with Gasteiger partial charge in [0, 0.05) is 29.2 Å². The molecule has 1 aromatic heterocycles. The van der Waals surface area contributed by atoms with Gasteiger partial charge < -0.3 is 14.0 Å². The summed E-state index contributed by atoms with van der Waals surface area (Å²) in [5.41, 5.74) is 3.44. The molecule has 166 valence electrons. The van der Waals surface area contributed by atoms with Gasteiger partial charge in [0.25, 0.3) is 11.8 Å². The van der Waals surface area contributed by atoms with Crippen molar-refractivity contribution in [3.63, 3.8) is 0 Å². The molecule has 5 rings (SSSR count). The predicted octanol–water partition coefficient (Wildman–Crippen LogP) is 3.62. The molecule has 0 radical (unpaired) electrons. The van der Waals surface area contributed by atoms with Crippen molar-refractivity contribution < 1.29 is 23.9 Å². The number of carbonyl (C=O) groups excluding carboxylic acids is 3. The van der Waals surface area contributed by atoms with Crippen LogP contribution in [-0.4, -0.2) is 40.1 Å². The Morgan fingerprint density at radius 3 is 2.53 bits per heavy atom. The molecule has 0 atom stereocenters. The Balaban J connectivity index is 1.50. The third-order valence-electron chi connectivity index (χ3n) is 6.46. The fraction of sp³-hybridized carbons (Fsp3) is 0.375. The van der Waals surface area contributed by atoms with Gasteiger partial charge in [-0.15, -0.1) is 0 Å². The van der Waals surface area contributed by atoms with Crippen molar-refractivity contribution in [2.24, 2.45) is 0 Å². The maximum absolute atomic E-state index is 13.2. The van der Waals surface area contributed by atoms with E-state index in [9.17, 15) is 14.4 Å². The summed E-state index contributed by atoms with van der Waals surface area (Å²) in [5.74, 6) is 0.215. The van der Waals surface area contributed by atoms with E-state index in [1.807, 2.05) is 42.7 Å². The van der Waals surface area contributed by atoms with E-state index in [4.69, 9.17) is 9.47 Å². The van der Waals surface area contributed by atoms with E-state index >= 15 is 0 Å². The number of hydrogen-bond donors (Lipinski definition) is 1. The Labute approximate surface area is 185 Å². The molecule has 3 heterocycles. The van der Waals surface area contributed by atoms with E-state index in [1.54, 1.807) is 6.08 Å². The third kappa shape index (κ3) is 3.36. The third-order valence-corrected chi connectivity index (χ3v) is 6.46. The number of barbiturate groups is 1. The highest BCUT2D eigenvalue weighted by atomic mass is 16.7. The lowest BCUT2D eigenvalue weighted by atomic mass is 9.93. The van der Waals surface area contributed by atoms with E-state index in [0.717, 1.165) is 54.7 Å². The zero-order chi connectivity index (χ0) is 22.4. The number of amides is 4. The zero-order valence-corrected chi connectivity index (χ0v) is 18.1. The van der Waals surface area contributed by atoms with E-state index < -0.39 is 17.8 Å². The van der Waals surface area contributed by atoms with Crippen LogP contribution in [0.4, 0.5) is 4.79 Å². The van der Waals surface area contributed by atoms with Gasteiger partial charge in [0.05, 0.1) is 0 Å². The molecule has 1 aliphatic carbocycles. The Morgan fingerprint density at radius 1 is 1.00 bits per heavy atom. The molecule has 1 aromatic carbocycles. The SMILES string of the molecule is Cc1cc(C=C2C(=O)NC(=O)N(C3CCCCC3)C2=O)c(C)n1-c1ccc2c(c1)OCO2. The van der Waals surface area contributed by atoms with Crippen LogP contribution < -0.4 is 14.8 Å². The van der Waals surface area contributed by atoms with Gasteiger partial charge >= 0.3 is 6.03 Å². The van der Waals surface area contributed by atoms with Crippen molar-refractivity contribution in [3.05, 3.63) is 46.8 Å². The Hall–Kier alpha value is -3.55. The number of fused-ring (bicyclic) bond motifs is 1. The second-order valence-corrected chi connectivity index (χ2v) is 8.48. The average molecular weight is 435 g/mol. The molecule has 0 bridgehead atoms. The Bertz CT molecular complexity index is 1160. The van der Waals surface area contributed by atoms with Crippen LogP contribution in [0.1, 0.15) is 49.1 Å². The molecule has 1 saturated heterocycles. The molecule has 2 aliphatic heterocycles. The number of rotatable bonds is 3. The van der Waals surface area contributed by atoms with Crippen molar-refractivity contribution in [1.29, 1.82) is 0 Å². The normalized spacial score (nSPS) is 20.2. The van der Waals surface area contributed by atoms with Crippen molar-refractivity contribution in [2.75, 3.05) is 6.79 Å². The fourth-order valence-electron chi connectivity index (χ4n) is 4.85. The number of benzene rings is 1. The summed E-state index contributed by atoms with van der Waals surface area (Å²) in [6.07, 6.45) is 6.20. The number of urea groups is 1. The number of aromatic nitrogens is 1. The van der Waals surface area contributed by atoms with Crippen LogP contribution in [-0.2, 0) is 9.59 Å². The summed E-state index contributed by atoms with van der Waals surface area (Å²) in [6.45, 7) is 4.09. The largest absolute Gasteiger partial charge is 0.454 e. The van der Waals surface area contributed by atoms with Gasteiger partial charge in [0.1, 0.15) is 5.57 Å². The number of hydrogen-bond acceptors (Lipinski definition) is 5. The van der Waals surface area contributed by atoms with Crippen LogP contribution in [0.2, 0.25) is 0 Å². The first-order valence-corrected chi connectivity index (χ1v) is 10.9. The second kappa shape index (κ2) is 7.85. The Kier molecular flexibility index (Phi) is 5.00. The predicted molar refractivity (Wildman–Crippen MR) is 117 cm³/mol. The lowest BCUT2D eigenvalue weighted by molar-refractivity contribution is -0.132. The lowest BCUT2D eigenvalue weighted by Gasteiger charge is -2.35. The quantitative estimate of drug-likeness (QED) is 0.588. The summed E-state index contributed by atoms with van der Waals surface area (Å²) in [5, 5.41) is 2.35. The van der Waals surface area contributed by atoms with Crippen LogP contribution in [0.15, 0.2) is 29.8 Å². The van der Waals surface area contributed by atoms with Gasteiger partial charge in [0.2, 0.25) is 6.79 Å². The maximum atomic E-state index is 13.2. The van der Waals surface area contributed by atoms with Gasteiger partial charge in [-0.3, -0.25) is 19.8 Å². The van der Waals surface area contributed by atoms with Gasteiger partial charge in [-0.05, 0) is 56.5 Å². The molecule has 1 saturated carbocycles. The van der Waals surface area contributed by atoms with Gasteiger partial charge in [-0.2, -0.15) is 0 Å². The summed E-state index contributed by atoms with van der Waals surface area (Å²) < 4.78 is 12.9. The highest BCUT2D eigenvalue weighted by Gasteiger charge is 2.40. The van der Waals surface area contributed by atoms with Crippen molar-refractivity contribution in [2.45, 2.75) is 52.0 Å². The minimum atomic E-state index is -0.653. The molecule has 1 N–H and O–H groups in total. The maximum Gasteiger partial charge on any atom is 0.331 e. The first-order chi connectivity index (χ1) is 15.4. The standard InChI is InChI=1S/C24H25N3O5/c1-14-10-16(15(2)26(14)18-8-9-20-21(12-18)32-13-31-20)11-19-22(28)25-24(30)27(23(19)29)17-6-4-3-5-7-17/h8-12,17H,3-7,13H2,1-2H3,(H,25,28,30). The van der Waals surface area contributed by atoms with Crippen molar-refractivity contribution in [1.82, 2.24) is 14.8 Å². The van der Waals surface area contributed by atoms with Crippen LogP contribution in [0.3, 0.4) is 0 Å². The van der Waals surface area contributed by atoms with E-state index in [2.05, 4.69) is 5.32 Å². The molecule has 2 fully saturated rings. The smallest absolute Gasteiger partial charge is 0.331 e. The molecule has 4 amide bonds. The van der Waals surface area contributed by atoms with Gasteiger partial charge in [0.15, 0.2) is 11.5 Å². The molecule has 32 heavy (non-hydrogen) atoms. The molecule has 0 unspecified atom stereocenters. The van der Waals surface area contributed by atoms with Crippen LogP contribution >= 0.6 is 0 Å². The number of carbonyl (C=O) groups is 3. The number of imide groups is 2. The molecule has 8 nitrogen and oxygen atoms in total. The first kappa shape index (κ1) is 20.4. The number of aryl methyl sites for hydroxylation is 1. The highest BCUT2D eigenvalue weighted by molar-refractivity contribution is 6.31. The zero-order valence-electron chi connectivity index (χ0n) is 18.1. The monoisotopic (exact) mass is 435 g/mol. The highest BCUT2D eigenvalue weighted by Crippen LogP contribution is 2.35. The Morgan fingerprint density at radius 2 is 1.75 bits per heavy atom.